The van der Waals surface area contributed by atoms with Gasteiger partial charge in [-0.2, -0.15) is 43.9 Å². The molecule has 0 amide bonds. The lowest BCUT2D eigenvalue weighted by Crippen LogP contribution is -2.41. The van der Waals surface area contributed by atoms with Crippen LogP contribution in [0.3, 0.4) is 0 Å². The predicted molar refractivity (Wildman–Crippen MR) is 42.9 cm³/mol. The molecule has 0 aromatic carbocycles. The molecule has 122 valence electrons. The van der Waals surface area contributed by atoms with Crippen LogP contribution in [0.1, 0.15) is 0 Å². The molecule has 0 saturated carbocycles. The number of rotatable bonds is 6. The van der Waals surface area contributed by atoms with Gasteiger partial charge in [0.15, 0.2) is 0 Å². The predicted octanol–water partition coefficient (Wildman–Crippen LogP) is 3.80. The summed E-state index contributed by atoms with van der Waals surface area (Å²) in [5, 5.41) is 0. The van der Waals surface area contributed by atoms with Crippen molar-refractivity contribution >= 4 is 8.25 Å². The number of halogens is 10. The molecule has 0 aliphatic carbocycles. The van der Waals surface area contributed by atoms with Crippen molar-refractivity contribution in [3.05, 3.63) is 0 Å². The van der Waals surface area contributed by atoms with Gasteiger partial charge in [-0.25, -0.2) is 0 Å². The molecule has 0 radical (unpaired) electrons. The summed E-state index contributed by atoms with van der Waals surface area (Å²) in [7, 11) is -4.38. The van der Waals surface area contributed by atoms with E-state index >= 15 is 0 Å². The van der Waals surface area contributed by atoms with Gasteiger partial charge in [0.1, 0.15) is 13.2 Å². The maximum atomic E-state index is 12.2. The van der Waals surface area contributed by atoms with Gasteiger partial charge in [-0.3, -0.25) is 4.57 Å². The molecule has 0 atom stereocenters. The first-order valence-electron chi connectivity index (χ1n) is 4.29. The van der Waals surface area contributed by atoms with Crippen LogP contribution in [0.15, 0.2) is 0 Å². The molecule has 0 saturated heterocycles. The van der Waals surface area contributed by atoms with Gasteiger partial charge in [0.2, 0.25) is 0 Å². The second kappa shape index (κ2) is 6.06. The number of alkyl halides is 10. The second-order valence-corrected chi connectivity index (χ2v) is 4.31. The zero-order valence-corrected chi connectivity index (χ0v) is 9.92. The highest BCUT2D eigenvalue weighted by Crippen LogP contribution is 2.40. The van der Waals surface area contributed by atoms with Crippen molar-refractivity contribution in [2.45, 2.75) is 24.2 Å². The molecule has 20 heavy (non-hydrogen) atoms. The van der Waals surface area contributed by atoms with Gasteiger partial charge in [0.25, 0.3) is 0 Å². The fraction of sp³-hybridized carbons (Fsp3) is 1.00. The summed E-state index contributed by atoms with van der Waals surface area (Å²) in [6.07, 6.45) is -12.1. The van der Waals surface area contributed by atoms with E-state index in [9.17, 15) is 48.5 Å². The largest absolute Gasteiger partial charge is 0.455 e. The van der Waals surface area contributed by atoms with E-state index in [0.717, 1.165) is 0 Å². The van der Waals surface area contributed by atoms with E-state index in [-0.39, 0.29) is 0 Å². The highest BCUT2D eigenvalue weighted by Gasteiger charge is 2.59. The van der Waals surface area contributed by atoms with Gasteiger partial charge in [-0.15, -0.1) is 0 Å². The molecule has 14 heteroatoms. The van der Waals surface area contributed by atoms with Crippen molar-refractivity contribution in [2.24, 2.45) is 0 Å². The van der Waals surface area contributed by atoms with Crippen molar-refractivity contribution in [2.75, 3.05) is 13.2 Å². The van der Waals surface area contributed by atoms with Gasteiger partial charge in [-0.05, 0) is 0 Å². The number of hydrogen-bond donors (Lipinski definition) is 0. The quantitative estimate of drug-likeness (QED) is 0.542. The Morgan fingerprint density at radius 3 is 1.10 bits per heavy atom. The summed E-state index contributed by atoms with van der Waals surface area (Å²) >= 11 is 0. The summed E-state index contributed by atoms with van der Waals surface area (Å²) in [6.45, 7) is -5.07. The molecule has 0 spiro atoms. The summed E-state index contributed by atoms with van der Waals surface area (Å²) < 4.78 is 135. The third kappa shape index (κ3) is 5.44. The molecular weight excluding hydrogens is 341 g/mol. The zero-order valence-electron chi connectivity index (χ0n) is 8.92. The van der Waals surface area contributed by atoms with Crippen molar-refractivity contribution in [1.82, 2.24) is 0 Å². The molecule has 0 bridgehead atoms. The van der Waals surface area contributed by atoms with Gasteiger partial charge in [-0.1, -0.05) is 0 Å². The normalized spacial score (nSPS) is 14.9. The maximum absolute atomic E-state index is 12.2. The molecule has 0 heterocycles. The first kappa shape index (κ1) is 19.4. The third-order valence-corrected chi connectivity index (χ3v) is 2.33. The standard InChI is InChI=1S/C6H5F10O3P/c7-3(8,5(11,12)13)1-18-20(17)19-2-4(9,10)6(14,15)16/h20H,1-2H2. The van der Waals surface area contributed by atoms with E-state index in [1.807, 2.05) is 0 Å². The fourth-order valence-corrected chi connectivity index (χ4v) is 1.19. The van der Waals surface area contributed by atoms with Crippen molar-refractivity contribution < 1.29 is 57.5 Å². The van der Waals surface area contributed by atoms with Gasteiger partial charge >= 0.3 is 32.5 Å². The van der Waals surface area contributed by atoms with E-state index in [2.05, 4.69) is 9.05 Å². The Hall–Kier alpha value is -0.550. The van der Waals surface area contributed by atoms with Crippen LogP contribution in [-0.4, -0.2) is 37.4 Å². The lowest BCUT2D eigenvalue weighted by atomic mass is 10.3. The highest BCUT2D eigenvalue weighted by molar-refractivity contribution is 7.33. The Morgan fingerprint density at radius 2 is 0.900 bits per heavy atom. The van der Waals surface area contributed by atoms with Gasteiger partial charge in [0, 0.05) is 0 Å². The Bertz CT molecular complexity index is 316. The maximum Gasteiger partial charge on any atom is 0.455 e. The summed E-state index contributed by atoms with van der Waals surface area (Å²) in [6, 6.07) is 0. The molecule has 0 N–H and O–H groups in total. The monoisotopic (exact) mass is 346 g/mol. The van der Waals surface area contributed by atoms with Crippen LogP contribution in [0.5, 0.6) is 0 Å². The number of hydrogen-bond acceptors (Lipinski definition) is 3. The Kier molecular flexibility index (Phi) is 5.89. The van der Waals surface area contributed by atoms with E-state index in [1.165, 1.54) is 0 Å². The SMILES string of the molecule is O=[PH](OCC(F)(F)C(F)(F)F)OCC(F)(F)C(F)(F)F. The summed E-state index contributed by atoms with van der Waals surface area (Å²) in [5.74, 6) is -10.9. The van der Waals surface area contributed by atoms with Crippen molar-refractivity contribution in [1.29, 1.82) is 0 Å². The van der Waals surface area contributed by atoms with Crippen LogP contribution >= 0.6 is 8.25 Å². The molecule has 0 aliphatic rings. The average Bonchev–Trinajstić information content (AvgIpc) is 2.20. The lowest BCUT2D eigenvalue weighted by Gasteiger charge is -2.20. The van der Waals surface area contributed by atoms with E-state index < -0.39 is 45.7 Å². The zero-order chi connectivity index (χ0) is 16.4. The van der Waals surface area contributed by atoms with Crippen LogP contribution in [0, 0.1) is 0 Å². The third-order valence-electron chi connectivity index (χ3n) is 1.57. The highest BCUT2D eigenvalue weighted by atomic mass is 31.1. The van der Waals surface area contributed by atoms with Crippen LogP contribution in [-0.2, 0) is 13.6 Å². The fourth-order valence-electron chi connectivity index (χ4n) is 0.504. The minimum absolute atomic E-state index is 2.54. The Balaban J connectivity index is 4.35. The van der Waals surface area contributed by atoms with Crippen LogP contribution in [0.2, 0.25) is 0 Å². The summed E-state index contributed by atoms with van der Waals surface area (Å²) in [4.78, 5) is 0. The van der Waals surface area contributed by atoms with Crippen LogP contribution < -0.4 is 0 Å². The first-order chi connectivity index (χ1) is 8.60. The van der Waals surface area contributed by atoms with E-state index in [1.54, 1.807) is 0 Å². The van der Waals surface area contributed by atoms with Gasteiger partial charge in [0.05, 0.1) is 0 Å². The second-order valence-electron chi connectivity index (χ2n) is 3.23. The van der Waals surface area contributed by atoms with Crippen molar-refractivity contribution in [3.63, 3.8) is 0 Å². The molecule has 0 fully saturated rings. The molecule has 3 nitrogen and oxygen atoms in total. The first-order valence-corrected chi connectivity index (χ1v) is 5.51. The average molecular weight is 346 g/mol. The minimum Gasteiger partial charge on any atom is -0.304 e. The summed E-state index contributed by atoms with van der Waals surface area (Å²) in [5.41, 5.74) is 0. The van der Waals surface area contributed by atoms with Crippen LogP contribution in [0.4, 0.5) is 43.9 Å². The molecule has 0 aromatic heterocycles. The van der Waals surface area contributed by atoms with E-state index in [4.69, 9.17) is 0 Å². The van der Waals surface area contributed by atoms with Crippen LogP contribution in [0.25, 0.3) is 0 Å². The molecule has 0 aliphatic heterocycles. The van der Waals surface area contributed by atoms with Gasteiger partial charge < -0.3 is 9.05 Å². The molecule has 0 aromatic rings. The van der Waals surface area contributed by atoms with Crippen molar-refractivity contribution in [3.8, 4) is 0 Å². The van der Waals surface area contributed by atoms with E-state index in [0.29, 0.717) is 0 Å². The molecular formula is C6H5F10O3P. The molecule has 0 rings (SSSR count). The lowest BCUT2D eigenvalue weighted by molar-refractivity contribution is -0.293. The Morgan fingerprint density at radius 1 is 0.650 bits per heavy atom. The Labute approximate surface area is 104 Å². The minimum atomic E-state index is -6.06. The molecule has 0 unspecified atom stereocenters. The topological polar surface area (TPSA) is 35.5 Å². The smallest absolute Gasteiger partial charge is 0.304 e.